The molecule has 0 aliphatic heterocycles. The molecule has 1 amide bonds. The molecule has 4 heteroatoms. The van der Waals surface area contributed by atoms with E-state index in [2.05, 4.69) is 16.9 Å². The maximum Gasteiger partial charge on any atom is 0.262 e. The Labute approximate surface area is 81.4 Å². The average Bonchev–Trinajstić information content (AvgIpc) is 2.15. The van der Waals surface area contributed by atoms with E-state index in [-0.39, 0.29) is 10.9 Å². The maximum atomic E-state index is 11.0. The largest absolute Gasteiger partial charge is 0.347 e. The minimum absolute atomic E-state index is 0.00550. The lowest BCUT2D eigenvalue weighted by atomic mass is 10.3. The van der Waals surface area contributed by atoms with Gasteiger partial charge in [-0.05, 0) is 17.7 Å². The van der Waals surface area contributed by atoms with Crippen molar-refractivity contribution < 1.29 is 4.79 Å². The number of nitrogens with one attached hydrogen (secondary N) is 1. The molecule has 0 atom stereocenters. The molecule has 0 aliphatic rings. The first-order valence-corrected chi connectivity index (χ1v) is 4.09. The van der Waals surface area contributed by atoms with Crippen LogP contribution in [0.1, 0.15) is 5.56 Å². The second kappa shape index (κ2) is 4.62. The molecule has 3 nitrogen and oxygen atoms in total. The highest BCUT2D eigenvalue weighted by molar-refractivity contribution is 6.41. The van der Waals surface area contributed by atoms with Crippen molar-refractivity contribution in [2.24, 2.45) is 0 Å². The Morgan fingerprint density at radius 2 is 2.15 bits per heavy atom. The molecule has 1 aromatic rings. The zero-order valence-corrected chi connectivity index (χ0v) is 7.71. The number of aromatic nitrogens is 1. The Hall–Kier alpha value is -1.35. The van der Waals surface area contributed by atoms with Gasteiger partial charge < -0.3 is 5.32 Å². The quantitative estimate of drug-likeness (QED) is 0.744. The smallest absolute Gasteiger partial charge is 0.262 e. The summed E-state index contributed by atoms with van der Waals surface area (Å²) in [5, 5.41) is 2.59. The minimum atomic E-state index is -0.349. The highest BCUT2D eigenvalue weighted by atomic mass is 35.5. The summed E-state index contributed by atoms with van der Waals surface area (Å²) >= 11 is 5.38. The minimum Gasteiger partial charge on any atom is -0.347 e. The Morgan fingerprint density at radius 1 is 1.54 bits per heavy atom. The predicted octanol–water partition coefficient (Wildman–Crippen LogP) is 1.45. The van der Waals surface area contributed by atoms with Crippen molar-refractivity contribution in [1.82, 2.24) is 10.3 Å². The first kappa shape index (κ1) is 9.74. The molecule has 1 N–H and O–H groups in total. The standard InChI is InChI=1S/C9H9ClN2O/c1-7(10)9(13)12-6-8-2-4-11-5-3-8/h2-5H,1,6H2,(H,12,13). The van der Waals surface area contributed by atoms with E-state index < -0.39 is 0 Å². The van der Waals surface area contributed by atoms with Crippen LogP contribution in [0.2, 0.25) is 0 Å². The molecule has 0 spiro atoms. The van der Waals surface area contributed by atoms with Crippen LogP contribution in [0.15, 0.2) is 36.1 Å². The van der Waals surface area contributed by atoms with E-state index in [0.29, 0.717) is 6.54 Å². The molecular weight excluding hydrogens is 188 g/mol. The Bertz CT molecular complexity index is 311. The number of amides is 1. The molecule has 0 aliphatic carbocycles. The van der Waals surface area contributed by atoms with Gasteiger partial charge in [0.1, 0.15) is 0 Å². The van der Waals surface area contributed by atoms with Gasteiger partial charge in [0.25, 0.3) is 5.91 Å². The maximum absolute atomic E-state index is 11.0. The lowest BCUT2D eigenvalue weighted by Gasteiger charge is -2.02. The van der Waals surface area contributed by atoms with E-state index in [4.69, 9.17) is 11.6 Å². The normalized spacial score (nSPS) is 9.31. The summed E-state index contributed by atoms with van der Waals surface area (Å²) < 4.78 is 0. The van der Waals surface area contributed by atoms with Crippen LogP contribution in [0.4, 0.5) is 0 Å². The summed E-state index contributed by atoms with van der Waals surface area (Å²) in [6.07, 6.45) is 3.33. The number of carbonyl (C=O) groups is 1. The molecule has 1 aromatic heterocycles. The first-order valence-electron chi connectivity index (χ1n) is 3.71. The fourth-order valence-electron chi connectivity index (χ4n) is 0.779. The van der Waals surface area contributed by atoms with E-state index >= 15 is 0 Å². The molecule has 0 saturated heterocycles. The Morgan fingerprint density at radius 3 is 2.69 bits per heavy atom. The summed E-state index contributed by atoms with van der Waals surface area (Å²) in [4.78, 5) is 14.8. The number of hydrogen-bond donors (Lipinski definition) is 1. The Kier molecular flexibility index (Phi) is 3.46. The van der Waals surface area contributed by atoms with Crippen molar-refractivity contribution in [3.63, 3.8) is 0 Å². The molecule has 1 rings (SSSR count). The van der Waals surface area contributed by atoms with Gasteiger partial charge in [-0.2, -0.15) is 0 Å². The fourth-order valence-corrected chi connectivity index (χ4v) is 0.846. The third-order valence-electron chi connectivity index (χ3n) is 1.45. The highest BCUT2D eigenvalue weighted by Gasteiger charge is 2.01. The van der Waals surface area contributed by atoms with Crippen LogP contribution in [0.5, 0.6) is 0 Å². The van der Waals surface area contributed by atoms with Crippen LogP contribution in [0, 0.1) is 0 Å². The molecule has 0 fully saturated rings. The van der Waals surface area contributed by atoms with Crippen molar-refractivity contribution in [2.45, 2.75) is 6.54 Å². The average molecular weight is 197 g/mol. The fraction of sp³-hybridized carbons (Fsp3) is 0.111. The van der Waals surface area contributed by atoms with Crippen molar-refractivity contribution in [1.29, 1.82) is 0 Å². The van der Waals surface area contributed by atoms with Gasteiger partial charge in [0.05, 0.1) is 5.03 Å². The molecule has 0 aromatic carbocycles. The van der Waals surface area contributed by atoms with Crippen LogP contribution in [0.3, 0.4) is 0 Å². The molecule has 0 bridgehead atoms. The predicted molar refractivity (Wildman–Crippen MR) is 51.1 cm³/mol. The van der Waals surface area contributed by atoms with Gasteiger partial charge in [-0.25, -0.2) is 0 Å². The molecule has 0 unspecified atom stereocenters. The SMILES string of the molecule is C=C(Cl)C(=O)NCc1ccncc1. The van der Waals surface area contributed by atoms with Crippen LogP contribution in [-0.4, -0.2) is 10.9 Å². The van der Waals surface area contributed by atoms with Gasteiger partial charge >= 0.3 is 0 Å². The summed E-state index contributed by atoms with van der Waals surface area (Å²) in [5.74, 6) is -0.349. The highest BCUT2D eigenvalue weighted by Crippen LogP contribution is 1.98. The third kappa shape index (κ3) is 3.25. The van der Waals surface area contributed by atoms with E-state index in [1.54, 1.807) is 12.4 Å². The molecule has 68 valence electrons. The zero-order chi connectivity index (χ0) is 9.68. The lowest BCUT2D eigenvalue weighted by molar-refractivity contribution is -0.117. The van der Waals surface area contributed by atoms with Crippen molar-refractivity contribution >= 4 is 17.5 Å². The van der Waals surface area contributed by atoms with Gasteiger partial charge in [-0.3, -0.25) is 9.78 Å². The van der Waals surface area contributed by atoms with Crippen LogP contribution in [-0.2, 0) is 11.3 Å². The van der Waals surface area contributed by atoms with Gasteiger partial charge in [-0.1, -0.05) is 18.2 Å². The summed E-state index contributed by atoms with van der Waals surface area (Å²) in [5.41, 5.74) is 0.973. The zero-order valence-electron chi connectivity index (χ0n) is 6.96. The van der Waals surface area contributed by atoms with E-state index in [9.17, 15) is 4.79 Å². The monoisotopic (exact) mass is 196 g/mol. The van der Waals surface area contributed by atoms with Crippen molar-refractivity contribution in [3.05, 3.63) is 41.7 Å². The number of pyridine rings is 1. The van der Waals surface area contributed by atoms with Gasteiger partial charge in [-0.15, -0.1) is 0 Å². The number of carbonyl (C=O) groups excluding carboxylic acids is 1. The van der Waals surface area contributed by atoms with Crippen molar-refractivity contribution in [3.8, 4) is 0 Å². The molecule has 0 radical (unpaired) electrons. The first-order chi connectivity index (χ1) is 6.20. The Balaban J connectivity index is 2.44. The molecular formula is C9H9ClN2O. The van der Waals surface area contributed by atoms with Crippen molar-refractivity contribution in [2.75, 3.05) is 0 Å². The van der Waals surface area contributed by atoms with Crippen LogP contribution in [0.25, 0.3) is 0 Å². The number of hydrogen-bond acceptors (Lipinski definition) is 2. The summed E-state index contributed by atoms with van der Waals surface area (Å²) in [7, 11) is 0. The summed E-state index contributed by atoms with van der Waals surface area (Å²) in [6.45, 7) is 3.75. The van der Waals surface area contributed by atoms with Gasteiger partial charge in [0, 0.05) is 18.9 Å². The van der Waals surface area contributed by atoms with E-state index in [0.717, 1.165) is 5.56 Å². The second-order valence-corrected chi connectivity index (χ2v) is 2.90. The van der Waals surface area contributed by atoms with Crippen LogP contribution >= 0.6 is 11.6 Å². The summed E-state index contributed by atoms with van der Waals surface area (Å²) in [6, 6.07) is 3.63. The van der Waals surface area contributed by atoms with Gasteiger partial charge in [0.15, 0.2) is 0 Å². The molecule has 1 heterocycles. The molecule has 0 saturated carbocycles. The van der Waals surface area contributed by atoms with E-state index in [1.165, 1.54) is 0 Å². The molecule has 13 heavy (non-hydrogen) atoms. The number of nitrogens with zero attached hydrogens (tertiary/aromatic N) is 1. The number of halogens is 1. The third-order valence-corrected chi connectivity index (χ3v) is 1.62. The topological polar surface area (TPSA) is 42.0 Å². The number of rotatable bonds is 3. The van der Waals surface area contributed by atoms with Gasteiger partial charge in [0.2, 0.25) is 0 Å². The van der Waals surface area contributed by atoms with Crippen LogP contribution < -0.4 is 5.32 Å². The lowest BCUT2D eigenvalue weighted by Crippen LogP contribution is -2.22. The van der Waals surface area contributed by atoms with E-state index in [1.807, 2.05) is 12.1 Å². The second-order valence-electron chi connectivity index (χ2n) is 2.44.